The van der Waals surface area contributed by atoms with Crippen molar-refractivity contribution in [1.82, 2.24) is 0 Å². The van der Waals surface area contributed by atoms with Gasteiger partial charge in [-0.05, 0) is 56.1 Å². The van der Waals surface area contributed by atoms with Gasteiger partial charge in [-0.15, -0.1) is 0 Å². The van der Waals surface area contributed by atoms with E-state index in [9.17, 15) is 4.79 Å². The van der Waals surface area contributed by atoms with Crippen LogP contribution in [0.3, 0.4) is 0 Å². The Kier molecular flexibility index (Phi) is 4.53. The van der Waals surface area contributed by atoms with Gasteiger partial charge in [0.25, 0.3) is 5.91 Å². The van der Waals surface area contributed by atoms with Gasteiger partial charge < -0.3 is 11.1 Å². The number of nitrogens with one attached hydrogen (secondary N) is 1. The maximum Gasteiger partial charge on any atom is 0.255 e. The highest BCUT2D eigenvalue weighted by molar-refractivity contribution is 6.05. The van der Waals surface area contributed by atoms with Gasteiger partial charge in [0, 0.05) is 11.3 Å². The number of hydrogen-bond donors (Lipinski definition) is 2. The fourth-order valence-electron chi connectivity index (χ4n) is 2.10. The third-order valence-electron chi connectivity index (χ3n) is 3.28. The van der Waals surface area contributed by atoms with Gasteiger partial charge in [-0.25, -0.2) is 0 Å². The molecule has 3 nitrogen and oxygen atoms in total. The Balaban J connectivity index is 2.13. The monoisotopic (exact) mass is 268 g/mol. The molecule has 0 aliphatic rings. The van der Waals surface area contributed by atoms with Crippen molar-refractivity contribution in [2.75, 3.05) is 11.9 Å². The van der Waals surface area contributed by atoms with E-state index in [4.69, 9.17) is 5.73 Å². The van der Waals surface area contributed by atoms with Crippen LogP contribution in [0, 0.1) is 13.8 Å². The summed E-state index contributed by atoms with van der Waals surface area (Å²) in [4.78, 5) is 12.3. The first kappa shape index (κ1) is 14.3. The van der Waals surface area contributed by atoms with Crippen molar-refractivity contribution in [3.63, 3.8) is 0 Å². The van der Waals surface area contributed by atoms with Crippen molar-refractivity contribution in [2.45, 2.75) is 20.3 Å². The summed E-state index contributed by atoms with van der Waals surface area (Å²) >= 11 is 0. The second-order valence-corrected chi connectivity index (χ2v) is 5.01. The molecule has 0 aromatic heterocycles. The Bertz CT molecular complexity index is 603. The lowest BCUT2D eigenvalue weighted by atomic mass is 10.0. The van der Waals surface area contributed by atoms with Gasteiger partial charge in [-0.1, -0.05) is 29.8 Å². The standard InChI is InChI=1S/C17H20N2O/c1-12-3-4-13(2)16(11-12)17(20)19-15-7-5-14(6-8-15)9-10-18/h3-8,11H,9-10,18H2,1-2H3,(H,19,20). The number of anilines is 1. The lowest BCUT2D eigenvalue weighted by Crippen LogP contribution is -2.13. The normalized spacial score (nSPS) is 10.3. The number of amides is 1. The molecule has 0 heterocycles. The fraction of sp³-hybridized carbons (Fsp3) is 0.235. The molecular weight excluding hydrogens is 248 g/mol. The maximum atomic E-state index is 12.3. The van der Waals surface area contributed by atoms with Crippen molar-refractivity contribution in [1.29, 1.82) is 0 Å². The molecule has 0 bridgehead atoms. The first-order valence-electron chi connectivity index (χ1n) is 6.78. The third-order valence-corrected chi connectivity index (χ3v) is 3.28. The zero-order valence-corrected chi connectivity index (χ0v) is 11.9. The van der Waals surface area contributed by atoms with Gasteiger partial charge in [0.2, 0.25) is 0 Å². The average molecular weight is 268 g/mol. The molecule has 0 aliphatic carbocycles. The molecular formula is C17H20N2O. The van der Waals surface area contributed by atoms with E-state index < -0.39 is 0 Å². The third kappa shape index (κ3) is 3.45. The molecule has 3 N–H and O–H groups in total. The van der Waals surface area contributed by atoms with E-state index in [1.807, 2.05) is 56.3 Å². The smallest absolute Gasteiger partial charge is 0.255 e. The molecule has 0 aliphatic heterocycles. The van der Waals surface area contributed by atoms with Gasteiger partial charge in [0.1, 0.15) is 0 Å². The van der Waals surface area contributed by atoms with Crippen LogP contribution in [0.15, 0.2) is 42.5 Å². The number of carbonyl (C=O) groups is 1. The molecule has 1 amide bonds. The highest BCUT2D eigenvalue weighted by Crippen LogP contribution is 2.15. The Hall–Kier alpha value is -2.13. The highest BCUT2D eigenvalue weighted by Gasteiger charge is 2.09. The van der Waals surface area contributed by atoms with Crippen LogP contribution in [0.25, 0.3) is 0 Å². The Morgan fingerprint density at radius 2 is 1.80 bits per heavy atom. The lowest BCUT2D eigenvalue weighted by molar-refractivity contribution is 0.102. The zero-order valence-electron chi connectivity index (χ0n) is 11.9. The van der Waals surface area contributed by atoms with Gasteiger partial charge in [0.15, 0.2) is 0 Å². The summed E-state index contributed by atoms with van der Waals surface area (Å²) in [6.07, 6.45) is 0.852. The van der Waals surface area contributed by atoms with E-state index in [2.05, 4.69) is 5.32 Å². The molecule has 0 spiro atoms. The SMILES string of the molecule is Cc1ccc(C)c(C(=O)Nc2ccc(CCN)cc2)c1. The highest BCUT2D eigenvalue weighted by atomic mass is 16.1. The van der Waals surface area contributed by atoms with Crippen molar-refractivity contribution < 1.29 is 4.79 Å². The maximum absolute atomic E-state index is 12.3. The second kappa shape index (κ2) is 6.35. The van der Waals surface area contributed by atoms with E-state index in [-0.39, 0.29) is 5.91 Å². The summed E-state index contributed by atoms with van der Waals surface area (Å²) in [5.41, 5.74) is 10.3. The molecule has 0 unspecified atom stereocenters. The van der Waals surface area contributed by atoms with E-state index in [1.165, 1.54) is 5.56 Å². The Labute approximate surface area is 119 Å². The summed E-state index contributed by atoms with van der Waals surface area (Å²) < 4.78 is 0. The summed E-state index contributed by atoms with van der Waals surface area (Å²) in [5, 5.41) is 2.93. The minimum absolute atomic E-state index is 0.0715. The summed E-state index contributed by atoms with van der Waals surface area (Å²) in [5.74, 6) is -0.0715. The van der Waals surface area contributed by atoms with Gasteiger partial charge in [-0.2, -0.15) is 0 Å². The number of nitrogens with two attached hydrogens (primary N) is 1. The van der Waals surface area contributed by atoms with Gasteiger partial charge in [-0.3, -0.25) is 4.79 Å². The second-order valence-electron chi connectivity index (χ2n) is 5.01. The quantitative estimate of drug-likeness (QED) is 0.895. The topological polar surface area (TPSA) is 55.1 Å². The van der Waals surface area contributed by atoms with Crippen LogP contribution in [-0.2, 0) is 6.42 Å². The Morgan fingerprint density at radius 1 is 1.10 bits per heavy atom. The average Bonchev–Trinajstić information content (AvgIpc) is 2.44. The molecule has 0 atom stereocenters. The van der Waals surface area contributed by atoms with E-state index >= 15 is 0 Å². The number of rotatable bonds is 4. The first-order chi connectivity index (χ1) is 9.60. The zero-order chi connectivity index (χ0) is 14.5. The molecule has 0 saturated heterocycles. The Morgan fingerprint density at radius 3 is 2.45 bits per heavy atom. The van der Waals surface area contributed by atoms with Crippen molar-refractivity contribution in [2.24, 2.45) is 5.73 Å². The molecule has 0 radical (unpaired) electrons. The number of carbonyl (C=O) groups excluding carboxylic acids is 1. The van der Waals surface area contributed by atoms with Crippen LogP contribution in [0.2, 0.25) is 0 Å². The van der Waals surface area contributed by atoms with Crippen LogP contribution < -0.4 is 11.1 Å². The summed E-state index contributed by atoms with van der Waals surface area (Å²) in [6.45, 7) is 4.56. The van der Waals surface area contributed by atoms with Crippen molar-refractivity contribution in [3.05, 3.63) is 64.7 Å². The van der Waals surface area contributed by atoms with E-state index in [0.717, 1.165) is 28.8 Å². The number of aryl methyl sites for hydroxylation is 2. The predicted molar refractivity (Wildman–Crippen MR) is 83.1 cm³/mol. The molecule has 104 valence electrons. The molecule has 2 aromatic rings. The molecule has 20 heavy (non-hydrogen) atoms. The van der Waals surface area contributed by atoms with Crippen LogP contribution in [0.4, 0.5) is 5.69 Å². The fourth-order valence-corrected chi connectivity index (χ4v) is 2.10. The van der Waals surface area contributed by atoms with Crippen molar-refractivity contribution >= 4 is 11.6 Å². The molecule has 2 aromatic carbocycles. The van der Waals surface area contributed by atoms with Gasteiger partial charge >= 0.3 is 0 Å². The lowest BCUT2D eigenvalue weighted by Gasteiger charge is -2.09. The number of benzene rings is 2. The van der Waals surface area contributed by atoms with Crippen LogP contribution in [-0.4, -0.2) is 12.5 Å². The minimum atomic E-state index is -0.0715. The molecule has 0 saturated carbocycles. The van der Waals surface area contributed by atoms with Crippen LogP contribution in [0.5, 0.6) is 0 Å². The molecule has 2 rings (SSSR count). The van der Waals surface area contributed by atoms with Crippen molar-refractivity contribution in [3.8, 4) is 0 Å². The minimum Gasteiger partial charge on any atom is -0.330 e. The van der Waals surface area contributed by atoms with Crippen LogP contribution >= 0.6 is 0 Å². The summed E-state index contributed by atoms with van der Waals surface area (Å²) in [6, 6.07) is 13.7. The largest absolute Gasteiger partial charge is 0.330 e. The summed E-state index contributed by atoms with van der Waals surface area (Å²) in [7, 11) is 0. The number of hydrogen-bond acceptors (Lipinski definition) is 2. The first-order valence-corrected chi connectivity index (χ1v) is 6.78. The van der Waals surface area contributed by atoms with Crippen LogP contribution in [0.1, 0.15) is 27.0 Å². The molecule has 0 fully saturated rings. The van der Waals surface area contributed by atoms with E-state index in [0.29, 0.717) is 6.54 Å². The molecule has 3 heteroatoms. The van der Waals surface area contributed by atoms with Gasteiger partial charge in [0.05, 0.1) is 0 Å². The van der Waals surface area contributed by atoms with E-state index in [1.54, 1.807) is 0 Å². The predicted octanol–water partition coefficient (Wildman–Crippen LogP) is 3.06.